The summed E-state index contributed by atoms with van der Waals surface area (Å²) < 4.78 is 14.2. The van der Waals surface area contributed by atoms with Gasteiger partial charge in [-0.25, -0.2) is 4.39 Å². The van der Waals surface area contributed by atoms with Gasteiger partial charge in [0.2, 0.25) is 0 Å². The van der Waals surface area contributed by atoms with Crippen LogP contribution in [0.5, 0.6) is 0 Å². The third-order valence-electron chi connectivity index (χ3n) is 4.50. The van der Waals surface area contributed by atoms with Crippen molar-refractivity contribution in [3.63, 3.8) is 0 Å². The van der Waals surface area contributed by atoms with E-state index in [1.54, 1.807) is 13.0 Å². The van der Waals surface area contributed by atoms with E-state index in [0.29, 0.717) is 17.2 Å². The Kier molecular flexibility index (Phi) is 5.03. The van der Waals surface area contributed by atoms with Gasteiger partial charge in [0.25, 0.3) is 0 Å². The Morgan fingerprint density at radius 2 is 1.95 bits per heavy atom. The summed E-state index contributed by atoms with van der Waals surface area (Å²) in [5, 5.41) is 9.88. The minimum Gasteiger partial charge on any atom is -0.389 e. The minimum absolute atomic E-state index is 0.216. The lowest BCUT2D eigenvalue weighted by Crippen LogP contribution is -2.27. The molecule has 20 heavy (non-hydrogen) atoms. The van der Waals surface area contributed by atoms with Crippen molar-refractivity contribution < 1.29 is 9.50 Å². The van der Waals surface area contributed by atoms with Crippen LogP contribution in [-0.2, 0) is 0 Å². The van der Waals surface area contributed by atoms with Gasteiger partial charge in [-0.15, -0.1) is 0 Å². The number of halogens is 1. The lowest BCUT2D eigenvalue weighted by Gasteiger charge is -2.27. The lowest BCUT2D eigenvalue weighted by atomic mass is 9.89. The molecule has 0 aromatic heterocycles. The molecule has 0 spiro atoms. The molecule has 1 fully saturated rings. The second-order valence-corrected chi connectivity index (χ2v) is 6.28. The molecular weight excluding hydrogens is 253 g/mol. The first-order chi connectivity index (χ1) is 9.50. The fourth-order valence-corrected chi connectivity index (χ4v) is 3.22. The maximum atomic E-state index is 14.2. The summed E-state index contributed by atoms with van der Waals surface area (Å²) in [6.45, 7) is 8.00. The second-order valence-electron chi connectivity index (χ2n) is 6.28. The van der Waals surface area contributed by atoms with E-state index in [-0.39, 0.29) is 5.82 Å². The van der Waals surface area contributed by atoms with Crippen molar-refractivity contribution in [1.29, 1.82) is 0 Å². The van der Waals surface area contributed by atoms with Crippen LogP contribution in [-0.4, -0.2) is 18.2 Å². The molecule has 1 N–H and O–H groups in total. The average molecular weight is 279 g/mol. The first-order valence-electron chi connectivity index (χ1n) is 7.72. The number of benzene rings is 1. The molecule has 1 aliphatic heterocycles. The number of aliphatic hydroxyl groups is 1. The SMILES string of the molecule is CC(C)C1CCCN(c2c(F)cccc2[C@H](C)O)CC1. The molecule has 0 radical (unpaired) electrons. The first kappa shape index (κ1) is 15.3. The van der Waals surface area contributed by atoms with Gasteiger partial charge in [-0.3, -0.25) is 0 Å². The van der Waals surface area contributed by atoms with Gasteiger partial charge >= 0.3 is 0 Å². The van der Waals surface area contributed by atoms with Crippen LogP contribution in [0, 0.1) is 17.7 Å². The highest BCUT2D eigenvalue weighted by atomic mass is 19.1. The number of aliphatic hydroxyl groups excluding tert-OH is 1. The molecule has 1 unspecified atom stereocenters. The van der Waals surface area contributed by atoms with E-state index in [2.05, 4.69) is 18.7 Å². The summed E-state index contributed by atoms with van der Waals surface area (Å²) in [5.41, 5.74) is 1.31. The molecule has 0 amide bonds. The monoisotopic (exact) mass is 279 g/mol. The Labute approximate surface area is 121 Å². The van der Waals surface area contributed by atoms with Crippen LogP contribution < -0.4 is 4.90 Å². The van der Waals surface area contributed by atoms with Crippen LogP contribution in [0.4, 0.5) is 10.1 Å². The molecule has 1 aliphatic rings. The van der Waals surface area contributed by atoms with E-state index in [9.17, 15) is 9.50 Å². The highest BCUT2D eigenvalue weighted by molar-refractivity contribution is 5.56. The van der Waals surface area contributed by atoms with Gasteiger partial charge in [-0.2, -0.15) is 0 Å². The van der Waals surface area contributed by atoms with Crippen LogP contribution in [0.25, 0.3) is 0 Å². The molecule has 0 saturated carbocycles. The van der Waals surface area contributed by atoms with E-state index in [4.69, 9.17) is 0 Å². The smallest absolute Gasteiger partial charge is 0.146 e. The van der Waals surface area contributed by atoms with Gasteiger partial charge in [0.05, 0.1) is 11.8 Å². The van der Waals surface area contributed by atoms with Crippen molar-refractivity contribution in [3.8, 4) is 0 Å². The zero-order valence-corrected chi connectivity index (χ0v) is 12.8. The highest BCUT2D eigenvalue weighted by Crippen LogP contribution is 2.33. The molecule has 2 atom stereocenters. The van der Waals surface area contributed by atoms with E-state index in [1.165, 1.54) is 12.5 Å². The summed E-state index contributed by atoms with van der Waals surface area (Å²) in [6, 6.07) is 5.00. The summed E-state index contributed by atoms with van der Waals surface area (Å²) in [4.78, 5) is 2.12. The van der Waals surface area contributed by atoms with Crippen molar-refractivity contribution in [1.82, 2.24) is 0 Å². The van der Waals surface area contributed by atoms with Crippen LogP contribution in [0.15, 0.2) is 18.2 Å². The number of hydrogen-bond acceptors (Lipinski definition) is 2. The van der Waals surface area contributed by atoms with E-state index in [0.717, 1.165) is 31.8 Å². The van der Waals surface area contributed by atoms with Crippen molar-refractivity contribution >= 4 is 5.69 Å². The summed E-state index contributed by atoms with van der Waals surface area (Å²) >= 11 is 0. The highest BCUT2D eigenvalue weighted by Gasteiger charge is 2.23. The summed E-state index contributed by atoms with van der Waals surface area (Å²) in [5.74, 6) is 1.19. The van der Waals surface area contributed by atoms with E-state index in [1.807, 2.05) is 6.07 Å². The molecule has 2 nitrogen and oxygen atoms in total. The molecule has 3 heteroatoms. The number of anilines is 1. The lowest BCUT2D eigenvalue weighted by molar-refractivity contribution is 0.199. The molecular formula is C17H26FNO. The normalized spacial score (nSPS) is 21.9. The molecule has 1 aromatic carbocycles. The largest absolute Gasteiger partial charge is 0.389 e. The molecule has 0 bridgehead atoms. The topological polar surface area (TPSA) is 23.5 Å². The molecule has 1 heterocycles. The van der Waals surface area contributed by atoms with Gasteiger partial charge in [0.15, 0.2) is 0 Å². The van der Waals surface area contributed by atoms with Crippen molar-refractivity contribution in [3.05, 3.63) is 29.6 Å². The Bertz CT molecular complexity index is 445. The Hall–Kier alpha value is -1.09. The number of para-hydroxylation sites is 1. The van der Waals surface area contributed by atoms with Crippen LogP contribution in [0.1, 0.15) is 51.7 Å². The van der Waals surface area contributed by atoms with E-state index >= 15 is 0 Å². The maximum Gasteiger partial charge on any atom is 0.146 e. The number of nitrogens with zero attached hydrogens (tertiary/aromatic N) is 1. The van der Waals surface area contributed by atoms with Gasteiger partial charge in [0, 0.05) is 18.7 Å². The number of hydrogen-bond donors (Lipinski definition) is 1. The third-order valence-corrected chi connectivity index (χ3v) is 4.50. The van der Waals surface area contributed by atoms with Crippen molar-refractivity contribution in [2.75, 3.05) is 18.0 Å². The van der Waals surface area contributed by atoms with Crippen LogP contribution >= 0.6 is 0 Å². The predicted molar refractivity (Wildman–Crippen MR) is 81.4 cm³/mol. The Balaban J connectivity index is 2.23. The standard InChI is InChI=1S/C17H26FNO/c1-12(2)14-6-5-10-19(11-9-14)17-15(13(3)20)7-4-8-16(17)18/h4,7-8,12-14,20H,5-6,9-11H2,1-3H3/t13-,14?/m0/s1. The summed E-state index contributed by atoms with van der Waals surface area (Å²) in [7, 11) is 0. The van der Waals surface area contributed by atoms with Crippen molar-refractivity contribution in [2.24, 2.45) is 11.8 Å². The van der Waals surface area contributed by atoms with Crippen LogP contribution in [0.2, 0.25) is 0 Å². The molecule has 112 valence electrons. The Morgan fingerprint density at radius 3 is 2.60 bits per heavy atom. The molecule has 0 aliphatic carbocycles. The molecule has 1 aromatic rings. The van der Waals surface area contributed by atoms with Gasteiger partial charge in [-0.1, -0.05) is 26.0 Å². The van der Waals surface area contributed by atoms with Gasteiger partial charge < -0.3 is 10.0 Å². The van der Waals surface area contributed by atoms with Gasteiger partial charge in [0.1, 0.15) is 5.82 Å². The molecule has 2 rings (SSSR count). The summed E-state index contributed by atoms with van der Waals surface area (Å²) in [6.07, 6.45) is 2.78. The zero-order chi connectivity index (χ0) is 14.7. The maximum absolute atomic E-state index is 14.2. The van der Waals surface area contributed by atoms with Crippen LogP contribution in [0.3, 0.4) is 0 Å². The molecule has 1 saturated heterocycles. The third kappa shape index (κ3) is 3.32. The fraction of sp³-hybridized carbons (Fsp3) is 0.647. The minimum atomic E-state index is -0.634. The average Bonchev–Trinajstić information content (AvgIpc) is 2.64. The quantitative estimate of drug-likeness (QED) is 0.898. The van der Waals surface area contributed by atoms with E-state index < -0.39 is 6.10 Å². The van der Waals surface area contributed by atoms with Gasteiger partial charge in [-0.05, 0) is 44.1 Å². The fourth-order valence-electron chi connectivity index (χ4n) is 3.22. The number of rotatable bonds is 3. The predicted octanol–water partition coefficient (Wildman–Crippen LogP) is 4.14. The zero-order valence-electron chi connectivity index (χ0n) is 12.8. The van der Waals surface area contributed by atoms with Crippen molar-refractivity contribution in [2.45, 2.75) is 46.1 Å². The second kappa shape index (κ2) is 6.57. The first-order valence-corrected chi connectivity index (χ1v) is 7.72. The Morgan fingerprint density at radius 1 is 1.20 bits per heavy atom.